The summed E-state index contributed by atoms with van der Waals surface area (Å²) >= 11 is 0. The Labute approximate surface area is 213 Å². The molecule has 0 saturated carbocycles. The van der Waals surface area contributed by atoms with E-state index >= 15 is 0 Å². The fourth-order valence-corrected chi connectivity index (χ4v) is 4.22. The molecule has 9 heteroatoms. The zero-order chi connectivity index (χ0) is 26.7. The number of amides is 1. The topological polar surface area (TPSA) is 115 Å². The number of hydrogen-bond donors (Lipinski definition) is 1. The quantitative estimate of drug-likeness (QED) is 0.220. The van der Waals surface area contributed by atoms with Gasteiger partial charge in [0.1, 0.15) is 22.8 Å². The normalized spacial score (nSPS) is 16.7. The first-order chi connectivity index (χ1) is 17.8. The van der Waals surface area contributed by atoms with Gasteiger partial charge in [0, 0.05) is 18.1 Å². The molecule has 1 aromatic heterocycles. The van der Waals surface area contributed by atoms with E-state index in [9.17, 15) is 19.5 Å². The lowest BCUT2D eigenvalue weighted by Crippen LogP contribution is -2.29. The molecule has 37 heavy (non-hydrogen) atoms. The molecule has 9 nitrogen and oxygen atoms in total. The van der Waals surface area contributed by atoms with Gasteiger partial charge in [0.2, 0.25) is 0 Å². The number of carbonyl (C=O) groups excluding carboxylic acids is 3. The lowest BCUT2D eigenvalue weighted by atomic mass is 9.95. The Kier molecular flexibility index (Phi) is 7.24. The maximum atomic E-state index is 13.4. The highest BCUT2D eigenvalue weighted by Gasteiger charge is 2.47. The number of aliphatic hydroxyl groups excluding tert-OH is 1. The Hall–Kier alpha value is -4.66. The first kappa shape index (κ1) is 25.4. The number of ether oxygens (including phenoxy) is 3. The van der Waals surface area contributed by atoms with Crippen LogP contribution in [0.5, 0.6) is 11.5 Å². The summed E-state index contributed by atoms with van der Waals surface area (Å²) in [6.07, 6.45) is 2.78. The molecule has 0 aliphatic carbocycles. The molecular weight excluding hydrogens is 476 g/mol. The first-order valence-electron chi connectivity index (χ1n) is 11.5. The number of hydrogen-bond acceptors (Lipinski definition) is 8. The van der Waals surface area contributed by atoms with Crippen molar-refractivity contribution in [3.63, 3.8) is 0 Å². The number of nitrogens with zero attached hydrogens (tertiary/aromatic N) is 2. The third kappa shape index (κ3) is 4.75. The Morgan fingerprint density at radius 1 is 0.946 bits per heavy atom. The minimum atomic E-state index is -0.980. The predicted molar refractivity (Wildman–Crippen MR) is 136 cm³/mol. The molecule has 1 aliphatic heterocycles. The predicted octanol–water partition coefficient (Wildman–Crippen LogP) is 4.29. The number of Topliss-reactive ketones (excluding diaryl/α,β-unsaturated/α-hetero) is 1. The van der Waals surface area contributed by atoms with Gasteiger partial charge in [-0.25, -0.2) is 4.79 Å². The Bertz CT molecular complexity index is 1340. The molecule has 4 rings (SSSR count). The van der Waals surface area contributed by atoms with Gasteiger partial charge in [-0.15, -0.1) is 0 Å². The van der Waals surface area contributed by atoms with E-state index in [1.807, 2.05) is 0 Å². The van der Waals surface area contributed by atoms with E-state index < -0.39 is 29.5 Å². The molecule has 1 saturated heterocycles. The minimum Gasteiger partial charge on any atom is -0.506 e. The molecule has 1 aliphatic rings. The van der Waals surface area contributed by atoms with Crippen molar-refractivity contribution in [3.05, 3.63) is 89.3 Å². The van der Waals surface area contributed by atoms with Gasteiger partial charge >= 0.3 is 5.97 Å². The van der Waals surface area contributed by atoms with Crippen LogP contribution in [-0.2, 0) is 14.3 Å². The molecule has 1 N–H and O–H groups in total. The third-order valence-electron chi connectivity index (χ3n) is 5.85. The van der Waals surface area contributed by atoms with Crippen LogP contribution in [0.2, 0.25) is 0 Å². The van der Waals surface area contributed by atoms with Crippen LogP contribution in [-0.4, -0.2) is 48.1 Å². The van der Waals surface area contributed by atoms with Crippen LogP contribution < -0.4 is 14.4 Å². The summed E-state index contributed by atoms with van der Waals surface area (Å²) in [6, 6.07) is 13.4. The fourth-order valence-electron chi connectivity index (χ4n) is 4.22. The average Bonchev–Trinajstić information content (AvgIpc) is 3.18. The number of aliphatic hydroxyl groups is 1. The Morgan fingerprint density at radius 2 is 1.54 bits per heavy atom. The van der Waals surface area contributed by atoms with E-state index in [1.54, 1.807) is 56.3 Å². The van der Waals surface area contributed by atoms with Crippen LogP contribution >= 0.6 is 0 Å². The summed E-state index contributed by atoms with van der Waals surface area (Å²) in [5.74, 6) is -2.12. The Balaban J connectivity index is 1.89. The van der Waals surface area contributed by atoms with E-state index in [1.165, 1.54) is 43.6 Å². The molecule has 3 aromatic rings. The minimum absolute atomic E-state index is 0.137. The Morgan fingerprint density at radius 3 is 2.08 bits per heavy atom. The molecule has 2 heterocycles. The molecule has 0 bridgehead atoms. The van der Waals surface area contributed by atoms with Crippen LogP contribution in [0.4, 0.5) is 5.69 Å². The van der Waals surface area contributed by atoms with Crippen molar-refractivity contribution >= 4 is 29.1 Å². The molecule has 1 atom stereocenters. The second kappa shape index (κ2) is 10.5. The second-order valence-electron chi connectivity index (χ2n) is 8.49. The standard InChI is InChI=1S/C28H26N2O7/c1-16(2)37-28(34)18-8-10-19(11-9-18)30-24(17-12-14-29-15-13-17)23(26(32)27(30)33)25(31)22-20(35-3)6-5-7-21(22)36-4/h5-16,24,31H,1-4H3/b25-23+. The molecule has 1 fully saturated rings. The van der Waals surface area contributed by atoms with Gasteiger partial charge < -0.3 is 19.3 Å². The van der Waals surface area contributed by atoms with E-state index in [4.69, 9.17) is 14.2 Å². The van der Waals surface area contributed by atoms with Crippen molar-refractivity contribution in [1.29, 1.82) is 0 Å². The lowest BCUT2D eigenvalue weighted by molar-refractivity contribution is -0.132. The van der Waals surface area contributed by atoms with Crippen molar-refractivity contribution < 1.29 is 33.7 Å². The second-order valence-corrected chi connectivity index (χ2v) is 8.49. The van der Waals surface area contributed by atoms with Gasteiger partial charge in [-0.3, -0.25) is 19.5 Å². The molecule has 0 spiro atoms. The SMILES string of the molecule is COc1cccc(OC)c1/C(O)=C1\C(=O)C(=O)N(c2ccc(C(=O)OC(C)C)cc2)C1c1ccncc1. The summed E-state index contributed by atoms with van der Waals surface area (Å²) in [5, 5.41) is 11.5. The smallest absolute Gasteiger partial charge is 0.338 e. The van der Waals surface area contributed by atoms with Crippen LogP contribution in [0, 0.1) is 0 Å². The number of rotatable bonds is 7. The van der Waals surface area contributed by atoms with Crippen molar-refractivity contribution in [2.24, 2.45) is 0 Å². The highest BCUT2D eigenvalue weighted by atomic mass is 16.5. The van der Waals surface area contributed by atoms with E-state index in [-0.39, 0.29) is 28.7 Å². The zero-order valence-electron chi connectivity index (χ0n) is 20.8. The molecule has 2 aromatic carbocycles. The van der Waals surface area contributed by atoms with Crippen LogP contribution in [0.15, 0.2) is 72.6 Å². The monoisotopic (exact) mass is 502 g/mol. The largest absolute Gasteiger partial charge is 0.506 e. The van der Waals surface area contributed by atoms with Crippen LogP contribution in [0.3, 0.4) is 0 Å². The first-order valence-corrected chi connectivity index (χ1v) is 11.5. The van der Waals surface area contributed by atoms with Gasteiger partial charge in [0.15, 0.2) is 0 Å². The summed E-state index contributed by atoms with van der Waals surface area (Å²) < 4.78 is 16.0. The number of aromatic nitrogens is 1. The number of anilines is 1. The van der Waals surface area contributed by atoms with Gasteiger partial charge in [0.05, 0.1) is 37.5 Å². The number of ketones is 1. The maximum Gasteiger partial charge on any atom is 0.338 e. The fraction of sp³-hybridized carbons (Fsp3) is 0.214. The number of esters is 1. The van der Waals surface area contributed by atoms with E-state index in [0.29, 0.717) is 16.8 Å². The van der Waals surface area contributed by atoms with Gasteiger partial charge in [-0.1, -0.05) is 6.07 Å². The van der Waals surface area contributed by atoms with Gasteiger partial charge in [0.25, 0.3) is 11.7 Å². The van der Waals surface area contributed by atoms with Crippen molar-refractivity contribution in [3.8, 4) is 11.5 Å². The van der Waals surface area contributed by atoms with E-state index in [2.05, 4.69) is 4.98 Å². The van der Waals surface area contributed by atoms with Crippen molar-refractivity contribution in [2.75, 3.05) is 19.1 Å². The summed E-state index contributed by atoms with van der Waals surface area (Å²) in [7, 11) is 2.85. The number of methoxy groups -OCH3 is 2. The molecule has 190 valence electrons. The lowest BCUT2D eigenvalue weighted by Gasteiger charge is -2.25. The zero-order valence-corrected chi connectivity index (χ0v) is 20.8. The molecule has 1 amide bonds. The number of benzene rings is 2. The van der Waals surface area contributed by atoms with E-state index in [0.717, 1.165) is 0 Å². The molecule has 0 radical (unpaired) electrons. The van der Waals surface area contributed by atoms with Crippen LogP contribution in [0.25, 0.3) is 5.76 Å². The summed E-state index contributed by atoms with van der Waals surface area (Å²) in [6.45, 7) is 3.49. The van der Waals surface area contributed by atoms with Gasteiger partial charge in [-0.2, -0.15) is 0 Å². The summed E-state index contributed by atoms with van der Waals surface area (Å²) in [5.41, 5.74) is 1.22. The molecular formula is C28H26N2O7. The average molecular weight is 503 g/mol. The van der Waals surface area contributed by atoms with Crippen molar-refractivity contribution in [2.45, 2.75) is 26.0 Å². The summed E-state index contributed by atoms with van der Waals surface area (Å²) in [4.78, 5) is 44.4. The highest BCUT2D eigenvalue weighted by molar-refractivity contribution is 6.51. The highest BCUT2D eigenvalue weighted by Crippen LogP contribution is 2.45. The third-order valence-corrected chi connectivity index (χ3v) is 5.85. The van der Waals surface area contributed by atoms with Crippen LogP contribution in [0.1, 0.15) is 41.4 Å². The van der Waals surface area contributed by atoms with Crippen molar-refractivity contribution in [1.82, 2.24) is 4.98 Å². The molecule has 1 unspecified atom stereocenters. The maximum absolute atomic E-state index is 13.4. The van der Waals surface area contributed by atoms with Gasteiger partial charge in [-0.05, 0) is 67.9 Å². The number of carbonyl (C=O) groups is 3. The number of pyridine rings is 1.